The number of aromatic carboxylic acids is 1. The molecule has 1 atom stereocenters. The summed E-state index contributed by atoms with van der Waals surface area (Å²) in [6.45, 7) is 4.10. The fraction of sp³-hybridized carbons (Fsp3) is 0.571. The summed E-state index contributed by atoms with van der Waals surface area (Å²) in [7, 11) is 0. The Balaban J connectivity index is 1.82. The molecule has 0 aliphatic carbocycles. The maximum absolute atomic E-state index is 12.2. The molecule has 20 heavy (non-hydrogen) atoms. The second kappa shape index (κ2) is 6.85. The molecule has 1 aromatic heterocycles. The Morgan fingerprint density at radius 2 is 2.05 bits per heavy atom. The van der Waals surface area contributed by atoms with E-state index in [0.717, 1.165) is 30.8 Å². The van der Waals surface area contributed by atoms with E-state index in [1.165, 1.54) is 17.8 Å². The fourth-order valence-electron chi connectivity index (χ4n) is 2.32. The molecule has 0 spiro atoms. The molecule has 5 nitrogen and oxygen atoms in total. The van der Waals surface area contributed by atoms with Gasteiger partial charge in [-0.3, -0.25) is 4.79 Å². The van der Waals surface area contributed by atoms with Gasteiger partial charge in [0.25, 0.3) is 0 Å². The van der Waals surface area contributed by atoms with Crippen LogP contribution in [0.5, 0.6) is 0 Å². The summed E-state index contributed by atoms with van der Waals surface area (Å²) in [6, 6.07) is 3.16. The predicted molar refractivity (Wildman–Crippen MR) is 78.0 cm³/mol. The summed E-state index contributed by atoms with van der Waals surface area (Å²) in [6.07, 6.45) is 3.38. The van der Waals surface area contributed by atoms with Crippen molar-refractivity contribution >= 4 is 23.2 Å². The number of thiophene rings is 1. The van der Waals surface area contributed by atoms with Crippen LogP contribution in [0.25, 0.3) is 0 Å². The maximum atomic E-state index is 12.2. The standard InChI is InChI=1S/C14H20N2O3S/c1-10(13(17)16-7-3-2-4-8-16)15-9-11-5-6-12(20-11)14(18)19/h5-6,10,15H,2-4,7-9H2,1H3,(H,18,19). The first-order chi connectivity index (χ1) is 9.58. The number of nitrogens with one attached hydrogen (secondary N) is 1. The first kappa shape index (κ1) is 15.0. The number of carboxylic acids is 1. The summed E-state index contributed by atoms with van der Waals surface area (Å²) in [5.74, 6) is -0.765. The largest absolute Gasteiger partial charge is 0.477 e. The van der Waals surface area contributed by atoms with Gasteiger partial charge in [-0.2, -0.15) is 0 Å². The van der Waals surface area contributed by atoms with Crippen molar-refractivity contribution in [3.63, 3.8) is 0 Å². The number of carbonyl (C=O) groups is 2. The predicted octanol–water partition coefficient (Wildman–Crippen LogP) is 1.94. The van der Waals surface area contributed by atoms with Crippen LogP contribution in [0.1, 0.15) is 40.7 Å². The number of carboxylic acid groups (broad SMARTS) is 1. The van der Waals surface area contributed by atoms with E-state index < -0.39 is 5.97 Å². The smallest absolute Gasteiger partial charge is 0.345 e. The Hall–Kier alpha value is -1.40. The summed E-state index contributed by atoms with van der Waals surface area (Å²) in [4.78, 5) is 26.2. The third-order valence-corrected chi connectivity index (χ3v) is 4.57. The molecular formula is C14H20N2O3S. The van der Waals surface area contributed by atoms with Crippen LogP contribution in [0.3, 0.4) is 0 Å². The topological polar surface area (TPSA) is 69.6 Å². The molecule has 1 amide bonds. The van der Waals surface area contributed by atoms with Crippen molar-refractivity contribution in [1.82, 2.24) is 10.2 Å². The zero-order valence-corrected chi connectivity index (χ0v) is 12.4. The van der Waals surface area contributed by atoms with Crippen molar-refractivity contribution in [3.8, 4) is 0 Å². The van der Waals surface area contributed by atoms with E-state index in [4.69, 9.17) is 5.11 Å². The van der Waals surface area contributed by atoms with Gasteiger partial charge in [0.05, 0.1) is 6.04 Å². The van der Waals surface area contributed by atoms with E-state index in [9.17, 15) is 9.59 Å². The van der Waals surface area contributed by atoms with Crippen LogP contribution in [0, 0.1) is 0 Å². The van der Waals surface area contributed by atoms with Gasteiger partial charge in [0, 0.05) is 24.5 Å². The number of hydrogen-bond acceptors (Lipinski definition) is 4. The van der Waals surface area contributed by atoms with E-state index in [1.54, 1.807) is 12.1 Å². The van der Waals surface area contributed by atoms with Crippen LogP contribution >= 0.6 is 11.3 Å². The molecule has 1 unspecified atom stereocenters. The minimum atomic E-state index is -0.904. The van der Waals surface area contributed by atoms with Crippen LogP contribution in [0.4, 0.5) is 0 Å². The summed E-state index contributed by atoms with van der Waals surface area (Å²) in [5.41, 5.74) is 0. The average Bonchev–Trinajstić information content (AvgIpc) is 2.94. The lowest BCUT2D eigenvalue weighted by molar-refractivity contribution is -0.133. The molecule has 1 fully saturated rings. The number of nitrogens with zero attached hydrogens (tertiary/aromatic N) is 1. The third-order valence-electron chi connectivity index (χ3n) is 3.49. The van der Waals surface area contributed by atoms with Gasteiger partial charge in [-0.1, -0.05) is 0 Å². The molecule has 0 bridgehead atoms. The van der Waals surface area contributed by atoms with Crippen LogP contribution in [0.2, 0.25) is 0 Å². The van der Waals surface area contributed by atoms with Gasteiger partial charge >= 0.3 is 5.97 Å². The van der Waals surface area contributed by atoms with Crippen molar-refractivity contribution in [2.75, 3.05) is 13.1 Å². The van der Waals surface area contributed by atoms with E-state index in [0.29, 0.717) is 11.4 Å². The third kappa shape index (κ3) is 3.80. The van der Waals surface area contributed by atoms with Crippen molar-refractivity contribution in [2.24, 2.45) is 0 Å². The van der Waals surface area contributed by atoms with Gasteiger partial charge < -0.3 is 15.3 Å². The Kier molecular flexibility index (Phi) is 5.14. The molecule has 2 heterocycles. The van der Waals surface area contributed by atoms with Crippen LogP contribution < -0.4 is 5.32 Å². The Labute approximate surface area is 122 Å². The molecule has 110 valence electrons. The summed E-state index contributed by atoms with van der Waals surface area (Å²) in [5, 5.41) is 12.0. The lowest BCUT2D eigenvalue weighted by Gasteiger charge is -2.29. The normalized spacial score (nSPS) is 16.9. The summed E-state index contributed by atoms with van der Waals surface area (Å²) < 4.78 is 0. The molecule has 1 aliphatic heterocycles. The molecule has 6 heteroatoms. The molecular weight excluding hydrogens is 276 g/mol. The second-order valence-electron chi connectivity index (χ2n) is 5.06. The molecule has 2 N–H and O–H groups in total. The molecule has 0 radical (unpaired) electrons. The van der Waals surface area contributed by atoms with Crippen molar-refractivity contribution in [2.45, 2.75) is 38.8 Å². The molecule has 2 rings (SSSR count). The Morgan fingerprint density at radius 3 is 2.65 bits per heavy atom. The van der Waals surface area contributed by atoms with Crippen LogP contribution in [-0.2, 0) is 11.3 Å². The van der Waals surface area contributed by atoms with Gasteiger partial charge in [0.15, 0.2) is 0 Å². The highest BCUT2D eigenvalue weighted by atomic mass is 32.1. The Bertz CT molecular complexity index is 481. The first-order valence-corrected chi connectivity index (χ1v) is 7.74. The minimum absolute atomic E-state index is 0.139. The number of rotatable bonds is 5. The van der Waals surface area contributed by atoms with Gasteiger partial charge in [-0.05, 0) is 38.3 Å². The van der Waals surface area contributed by atoms with E-state index >= 15 is 0 Å². The average molecular weight is 296 g/mol. The highest BCUT2D eigenvalue weighted by Crippen LogP contribution is 2.16. The zero-order valence-electron chi connectivity index (χ0n) is 11.6. The quantitative estimate of drug-likeness (QED) is 0.871. The lowest BCUT2D eigenvalue weighted by atomic mass is 10.1. The first-order valence-electron chi connectivity index (χ1n) is 6.92. The van der Waals surface area contributed by atoms with Crippen molar-refractivity contribution in [3.05, 3.63) is 21.9 Å². The number of likely N-dealkylation sites (tertiary alicyclic amines) is 1. The number of carbonyl (C=O) groups excluding carboxylic acids is 1. The fourth-order valence-corrected chi connectivity index (χ4v) is 3.11. The SMILES string of the molecule is CC(NCc1ccc(C(=O)O)s1)C(=O)N1CCCCC1. The van der Waals surface area contributed by atoms with E-state index in [2.05, 4.69) is 5.32 Å². The lowest BCUT2D eigenvalue weighted by Crippen LogP contribution is -2.46. The molecule has 1 aromatic rings. The van der Waals surface area contributed by atoms with Crippen molar-refractivity contribution < 1.29 is 14.7 Å². The minimum Gasteiger partial charge on any atom is -0.477 e. The van der Waals surface area contributed by atoms with Crippen LogP contribution in [-0.4, -0.2) is 41.0 Å². The van der Waals surface area contributed by atoms with E-state index in [1.807, 2.05) is 11.8 Å². The van der Waals surface area contributed by atoms with Gasteiger partial charge in [0.2, 0.25) is 5.91 Å². The molecule has 0 aromatic carbocycles. The summed E-state index contributed by atoms with van der Waals surface area (Å²) >= 11 is 1.24. The monoisotopic (exact) mass is 296 g/mol. The van der Waals surface area contributed by atoms with Crippen LogP contribution in [0.15, 0.2) is 12.1 Å². The highest BCUT2D eigenvalue weighted by molar-refractivity contribution is 7.13. The number of amides is 1. The maximum Gasteiger partial charge on any atom is 0.345 e. The van der Waals surface area contributed by atoms with E-state index in [-0.39, 0.29) is 11.9 Å². The molecule has 1 aliphatic rings. The second-order valence-corrected chi connectivity index (χ2v) is 6.23. The van der Waals surface area contributed by atoms with Gasteiger partial charge in [0.1, 0.15) is 4.88 Å². The number of piperidine rings is 1. The van der Waals surface area contributed by atoms with Gasteiger partial charge in [-0.25, -0.2) is 4.79 Å². The van der Waals surface area contributed by atoms with Crippen molar-refractivity contribution in [1.29, 1.82) is 0 Å². The molecule has 1 saturated heterocycles. The highest BCUT2D eigenvalue weighted by Gasteiger charge is 2.21. The number of hydrogen-bond donors (Lipinski definition) is 2. The zero-order chi connectivity index (χ0) is 14.5. The van der Waals surface area contributed by atoms with Gasteiger partial charge in [-0.15, -0.1) is 11.3 Å². The molecule has 0 saturated carbocycles. The Morgan fingerprint density at radius 1 is 1.35 bits per heavy atom.